The van der Waals surface area contributed by atoms with Gasteiger partial charge >= 0.3 is 0 Å². The highest BCUT2D eigenvalue weighted by Crippen LogP contribution is 2.38. The summed E-state index contributed by atoms with van der Waals surface area (Å²) in [7, 11) is 2.14. The van der Waals surface area contributed by atoms with Crippen molar-refractivity contribution in [1.29, 1.82) is 0 Å². The molecular weight excluding hydrogens is 298 g/mol. The Kier molecular flexibility index (Phi) is 3.72. The van der Waals surface area contributed by atoms with Gasteiger partial charge < -0.3 is 14.8 Å². The molecule has 0 saturated heterocycles. The predicted octanol–water partition coefficient (Wildman–Crippen LogP) is 3.68. The van der Waals surface area contributed by atoms with E-state index in [0.717, 1.165) is 36.5 Å². The van der Waals surface area contributed by atoms with Crippen molar-refractivity contribution in [3.05, 3.63) is 52.3 Å². The number of hydrogen-bond acceptors (Lipinski definition) is 2. The van der Waals surface area contributed by atoms with Gasteiger partial charge in [-0.2, -0.15) is 0 Å². The second-order valence-corrected chi connectivity index (χ2v) is 7.31. The van der Waals surface area contributed by atoms with Crippen molar-refractivity contribution >= 4 is 11.6 Å². The molecule has 1 aliphatic carbocycles. The summed E-state index contributed by atoms with van der Waals surface area (Å²) in [5.41, 5.74) is 6.69. The van der Waals surface area contributed by atoms with Gasteiger partial charge in [-0.05, 0) is 69.5 Å². The summed E-state index contributed by atoms with van der Waals surface area (Å²) >= 11 is 0. The minimum absolute atomic E-state index is 0.000820. The van der Waals surface area contributed by atoms with Crippen LogP contribution in [0.3, 0.4) is 0 Å². The predicted molar refractivity (Wildman–Crippen MR) is 96.6 cm³/mol. The standard InChI is InChI=1S/C20H25N3O/c1-13-10-19(14(2)23(13)18-6-7-18)20(24)21-17-5-4-15-8-9-22(3)12-16(15)11-17/h4-5,10-11,18H,6-9,12H2,1-3H3,(H,21,24). The minimum atomic E-state index is -0.000820. The molecule has 2 aliphatic rings. The molecule has 1 N–H and O–H groups in total. The van der Waals surface area contributed by atoms with Crippen molar-refractivity contribution in [2.45, 2.75) is 45.7 Å². The molecule has 0 bridgehead atoms. The van der Waals surface area contributed by atoms with Crippen molar-refractivity contribution in [3.63, 3.8) is 0 Å². The molecule has 126 valence electrons. The van der Waals surface area contributed by atoms with Crippen LogP contribution in [0.4, 0.5) is 5.69 Å². The Balaban J connectivity index is 1.56. The minimum Gasteiger partial charge on any atom is -0.345 e. The van der Waals surface area contributed by atoms with Gasteiger partial charge in [0.1, 0.15) is 0 Å². The summed E-state index contributed by atoms with van der Waals surface area (Å²) in [6.07, 6.45) is 3.55. The fourth-order valence-electron chi connectivity index (χ4n) is 3.88. The quantitative estimate of drug-likeness (QED) is 0.935. The number of carbonyl (C=O) groups excluding carboxylic acids is 1. The third-order valence-corrected chi connectivity index (χ3v) is 5.31. The van der Waals surface area contributed by atoms with E-state index in [-0.39, 0.29) is 5.91 Å². The van der Waals surface area contributed by atoms with E-state index < -0.39 is 0 Å². The molecule has 4 heteroatoms. The van der Waals surface area contributed by atoms with Gasteiger partial charge in [-0.15, -0.1) is 0 Å². The van der Waals surface area contributed by atoms with E-state index in [2.05, 4.69) is 47.8 Å². The summed E-state index contributed by atoms with van der Waals surface area (Å²) < 4.78 is 2.32. The average molecular weight is 323 g/mol. The van der Waals surface area contributed by atoms with Crippen molar-refractivity contribution in [2.75, 3.05) is 18.9 Å². The first-order valence-corrected chi connectivity index (χ1v) is 8.83. The van der Waals surface area contributed by atoms with E-state index in [1.54, 1.807) is 0 Å². The molecule has 0 atom stereocenters. The van der Waals surface area contributed by atoms with E-state index in [1.165, 1.54) is 29.7 Å². The molecule has 2 aromatic rings. The zero-order valence-electron chi connectivity index (χ0n) is 14.7. The normalized spacial score (nSPS) is 17.6. The molecule has 1 saturated carbocycles. The topological polar surface area (TPSA) is 37.3 Å². The van der Waals surface area contributed by atoms with Crippen LogP contribution in [0, 0.1) is 13.8 Å². The van der Waals surface area contributed by atoms with E-state index in [0.29, 0.717) is 6.04 Å². The number of nitrogens with one attached hydrogen (secondary N) is 1. The highest BCUT2D eigenvalue weighted by atomic mass is 16.1. The van der Waals surface area contributed by atoms with Gasteiger partial charge in [0.05, 0.1) is 5.56 Å². The smallest absolute Gasteiger partial charge is 0.257 e. The van der Waals surface area contributed by atoms with Gasteiger partial charge in [0, 0.05) is 36.2 Å². The molecular formula is C20H25N3O. The molecule has 2 heterocycles. The highest BCUT2D eigenvalue weighted by molar-refractivity contribution is 6.05. The number of carbonyl (C=O) groups is 1. The van der Waals surface area contributed by atoms with Crippen LogP contribution in [0.15, 0.2) is 24.3 Å². The number of amides is 1. The molecule has 0 radical (unpaired) electrons. The number of anilines is 1. The van der Waals surface area contributed by atoms with Crippen molar-refractivity contribution in [1.82, 2.24) is 9.47 Å². The Bertz CT molecular complexity index is 801. The van der Waals surface area contributed by atoms with Crippen LogP contribution >= 0.6 is 0 Å². The lowest BCUT2D eigenvalue weighted by atomic mass is 9.99. The van der Waals surface area contributed by atoms with Crippen LogP contribution < -0.4 is 5.32 Å². The van der Waals surface area contributed by atoms with Crippen LogP contribution in [-0.2, 0) is 13.0 Å². The van der Waals surface area contributed by atoms with Gasteiger partial charge in [0.2, 0.25) is 0 Å². The van der Waals surface area contributed by atoms with Gasteiger partial charge in [0.15, 0.2) is 0 Å². The van der Waals surface area contributed by atoms with Gasteiger partial charge in [-0.1, -0.05) is 6.07 Å². The molecule has 24 heavy (non-hydrogen) atoms. The Hall–Kier alpha value is -2.07. The van der Waals surface area contributed by atoms with Crippen LogP contribution in [-0.4, -0.2) is 29.0 Å². The lowest BCUT2D eigenvalue weighted by molar-refractivity contribution is 0.102. The lowest BCUT2D eigenvalue weighted by Gasteiger charge is -2.25. The second-order valence-electron chi connectivity index (χ2n) is 7.31. The van der Waals surface area contributed by atoms with E-state index in [1.807, 2.05) is 12.1 Å². The fourth-order valence-corrected chi connectivity index (χ4v) is 3.88. The Morgan fingerprint density at radius 3 is 2.71 bits per heavy atom. The monoisotopic (exact) mass is 323 g/mol. The number of nitrogens with zero attached hydrogens (tertiary/aromatic N) is 2. The number of aryl methyl sites for hydroxylation is 1. The number of likely N-dealkylation sites (N-methyl/N-ethyl adjacent to an activating group) is 1. The molecule has 4 rings (SSSR count). The summed E-state index contributed by atoms with van der Waals surface area (Å²) in [6, 6.07) is 8.94. The second kappa shape index (κ2) is 5.78. The Labute approximate surface area is 143 Å². The molecule has 1 fully saturated rings. The Morgan fingerprint density at radius 2 is 1.96 bits per heavy atom. The van der Waals surface area contributed by atoms with Crippen molar-refractivity contribution < 1.29 is 4.79 Å². The highest BCUT2D eigenvalue weighted by Gasteiger charge is 2.28. The maximum atomic E-state index is 12.7. The van der Waals surface area contributed by atoms with Crippen LogP contribution in [0.5, 0.6) is 0 Å². The molecule has 0 spiro atoms. The number of rotatable bonds is 3. The summed E-state index contributed by atoms with van der Waals surface area (Å²) in [5.74, 6) is -0.000820. The largest absolute Gasteiger partial charge is 0.345 e. The van der Waals surface area contributed by atoms with E-state index >= 15 is 0 Å². The first-order valence-electron chi connectivity index (χ1n) is 8.83. The fraction of sp³-hybridized carbons (Fsp3) is 0.450. The number of benzene rings is 1. The molecule has 1 aromatic carbocycles. The molecule has 1 aromatic heterocycles. The van der Waals surface area contributed by atoms with Crippen molar-refractivity contribution in [2.24, 2.45) is 0 Å². The molecule has 1 amide bonds. The number of fused-ring (bicyclic) bond motifs is 1. The van der Waals surface area contributed by atoms with Crippen molar-refractivity contribution in [3.8, 4) is 0 Å². The van der Waals surface area contributed by atoms with E-state index in [9.17, 15) is 4.79 Å². The maximum absolute atomic E-state index is 12.7. The summed E-state index contributed by atoms with van der Waals surface area (Å²) in [5, 5.41) is 3.09. The molecule has 0 unspecified atom stereocenters. The lowest BCUT2D eigenvalue weighted by Crippen LogP contribution is -2.26. The third kappa shape index (κ3) is 2.75. The first kappa shape index (κ1) is 15.5. The zero-order valence-corrected chi connectivity index (χ0v) is 14.7. The van der Waals surface area contributed by atoms with Gasteiger partial charge in [0.25, 0.3) is 5.91 Å². The van der Waals surface area contributed by atoms with Crippen LogP contribution in [0.1, 0.15) is 51.8 Å². The van der Waals surface area contributed by atoms with Gasteiger partial charge in [-0.3, -0.25) is 4.79 Å². The maximum Gasteiger partial charge on any atom is 0.257 e. The van der Waals surface area contributed by atoms with Gasteiger partial charge in [-0.25, -0.2) is 0 Å². The van der Waals surface area contributed by atoms with E-state index in [4.69, 9.17) is 0 Å². The Morgan fingerprint density at radius 1 is 1.17 bits per heavy atom. The van der Waals surface area contributed by atoms with Crippen LogP contribution in [0.2, 0.25) is 0 Å². The van der Waals surface area contributed by atoms with Crippen LogP contribution in [0.25, 0.3) is 0 Å². The average Bonchev–Trinajstić information content (AvgIpc) is 3.32. The zero-order chi connectivity index (χ0) is 16.8. The third-order valence-electron chi connectivity index (χ3n) is 5.31. The number of hydrogen-bond donors (Lipinski definition) is 1. The number of aromatic nitrogens is 1. The summed E-state index contributed by atoms with van der Waals surface area (Å²) in [6.45, 7) is 6.21. The molecule has 4 nitrogen and oxygen atoms in total. The SMILES string of the molecule is Cc1cc(C(=O)Nc2ccc3c(c2)CN(C)CC3)c(C)n1C1CC1. The molecule has 1 aliphatic heterocycles. The summed E-state index contributed by atoms with van der Waals surface area (Å²) in [4.78, 5) is 15.1. The first-order chi connectivity index (χ1) is 11.5.